The maximum absolute atomic E-state index is 12.0. The lowest BCUT2D eigenvalue weighted by Crippen LogP contribution is -2.37. The van der Waals surface area contributed by atoms with Gasteiger partial charge in [-0.2, -0.15) is 0 Å². The summed E-state index contributed by atoms with van der Waals surface area (Å²) in [6.45, 7) is 1.51. The van der Waals surface area contributed by atoms with Gasteiger partial charge in [0.15, 0.2) is 12.7 Å². The number of amides is 1. The molecule has 0 aliphatic heterocycles. The molecule has 0 spiro atoms. The van der Waals surface area contributed by atoms with E-state index in [1.807, 2.05) is 54.6 Å². The average Bonchev–Trinajstić information content (AvgIpc) is 2.70. The molecule has 26 heavy (non-hydrogen) atoms. The molecule has 0 atom stereocenters. The zero-order valence-corrected chi connectivity index (χ0v) is 16.1. The zero-order valence-electron chi connectivity index (χ0n) is 14.5. The van der Waals surface area contributed by atoms with E-state index in [2.05, 4.69) is 41.7 Å². The second-order valence-corrected chi connectivity index (χ2v) is 9.44. The maximum Gasteiger partial charge on any atom is 0.223 e. The van der Waals surface area contributed by atoms with Crippen molar-refractivity contribution in [3.63, 3.8) is 0 Å². The van der Waals surface area contributed by atoms with Crippen LogP contribution in [0.5, 0.6) is 0 Å². The molecule has 0 aliphatic carbocycles. The molecule has 0 radical (unpaired) electrons. The number of hydrogen-bond donors (Lipinski definition) is 1. The van der Waals surface area contributed by atoms with E-state index in [0.717, 1.165) is 21.4 Å². The van der Waals surface area contributed by atoms with Crippen LogP contribution in [0.2, 0.25) is 0 Å². The molecule has 3 aromatic rings. The highest BCUT2D eigenvalue weighted by Gasteiger charge is 2.50. The van der Waals surface area contributed by atoms with Crippen molar-refractivity contribution in [2.24, 2.45) is 0 Å². The molecule has 1 amide bonds. The molecule has 3 aromatic carbocycles. The lowest BCUT2D eigenvalue weighted by molar-refractivity contribution is -0.118. The normalized spacial score (nSPS) is 11.8. The molecule has 0 bridgehead atoms. The van der Waals surface area contributed by atoms with Crippen LogP contribution >= 0.6 is 18.9 Å². The van der Waals surface area contributed by atoms with Crippen LogP contribution < -0.4 is 21.2 Å². The lowest BCUT2D eigenvalue weighted by Gasteiger charge is -2.28. The SMILES string of the molecule is CC(=O)N/C(=C\Cl)[P+](c1ccccc1)(c1ccccc1)c1ccccc1. The highest BCUT2D eigenvalue weighted by molar-refractivity contribution is 7.99. The van der Waals surface area contributed by atoms with Crippen LogP contribution in [0.1, 0.15) is 6.92 Å². The Labute approximate surface area is 159 Å². The van der Waals surface area contributed by atoms with Gasteiger partial charge in [-0.15, -0.1) is 0 Å². The highest BCUT2D eigenvalue weighted by Crippen LogP contribution is 2.61. The third kappa shape index (κ3) is 3.44. The number of benzene rings is 3. The Kier molecular flexibility index (Phi) is 5.88. The molecule has 4 heteroatoms. The van der Waals surface area contributed by atoms with Crippen molar-refractivity contribution < 1.29 is 4.79 Å². The molecule has 0 aliphatic rings. The number of hydrogen-bond acceptors (Lipinski definition) is 1. The van der Waals surface area contributed by atoms with Gasteiger partial charge in [0, 0.05) is 6.92 Å². The summed E-state index contributed by atoms with van der Waals surface area (Å²) in [5.74, 6) is -0.135. The monoisotopic (exact) mass is 380 g/mol. The van der Waals surface area contributed by atoms with Gasteiger partial charge < -0.3 is 0 Å². The molecule has 130 valence electrons. The first kappa shape index (κ1) is 18.4. The fraction of sp³-hybridized carbons (Fsp3) is 0.0455. The first-order valence-corrected chi connectivity index (χ1v) is 10.6. The van der Waals surface area contributed by atoms with Crippen LogP contribution in [0, 0.1) is 0 Å². The molecule has 0 heterocycles. The first-order valence-electron chi connectivity index (χ1n) is 8.34. The van der Waals surface area contributed by atoms with Crippen LogP contribution in [0.4, 0.5) is 0 Å². The predicted octanol–water partition coefficient (Wildman–Crippen LogP) is 4.15. The quantitative estimate of drug-likeness (QED) is 0.662. The van der Waals surface area contributed by atoms with Gasteiger partial charge in [-0.25, -0.2) is 0 Å². The topological polar surface area (TPSA) is 29.1 Å². The summed E-state index contributed by atoms with van der Waals surface area (Å²) in [7, 11) is -2.32. The molecular weight excluding hydrogens is 361 g/mol. The number of rotatable bonds is 5. The van der Waals surface area contributed by atoms with E-state index in [0.29, 0.717) is 0 Å². The van der Waals surface area contributed by atoms with Gasteiger partial charge in [-0.05, 0) is 36.4 Å². The van der Waals surface area contributed by atoms with E-state index < -0.39 is 7.26 Å². The Morgan fingerprint density at radius 1 is 0.769 bits per heavy atom. The Morgan fingerprint density at radius 3 is 1.38 bits per heavy atom. The number of nitrogens with one attached hydrogen (secondary N) is 1. The van der Waals surface area contributed by atoms with Crippen LogP contribution in [-0.4, -0.2) is 5.91 Å². The van der Waals surface area contributed by atoms with E-state index in [-0.39, 0.29) is 5.91 Å². The summed E-state index contributed by atoms with van der Waals surface area (Å²) in [6.07, 6.45) is 0. The molecule has 0 saturated carbocycles. The van der Waals surface area contributed by atoms with Gasteiger partial charge in [-0.1, -0.05) is 66.2 Å². The second kappa shape index (κ2) is 8.31. The Hall–Kier alpha value is -2.41. The standard InChI is InChI=1S/C22H19ClNOP/c1-18(25)24-22(17-23)26(19-11-5-2-6-12-19,20-13-7-3-8-14-20)21-15-9-4-10-16-21/h2-17H,1H3/p+1/b22-17+. The van der Waals surface area contributed by atoms with E-state index >= 15 is 0 Å². The van der Waals surface area contributed by atoms with Crippen molar-refractivity contribution >= 4 is 40.7 Å². The fourth-order valence-electron chi connectivity index (χ4n) is 3.18. The zero-order chi connectivity index (χ0) is 18.4. The molecule has 2 nitrogen and oxygen atoms in total. The van der Waals surface area contributed by atoms with E-state index in [4.69, 9.17) is 11.6 Å². The molecule has 0 saturated heterocycles. The van der Waals surface area contributed by atoms with E-state index in [1.54, 1.807) is 0 Å². The molecule has 0 aromatic heterocycles. The van der Waals surface area contributed by atoms with Gasteiger partial charge in [-0.3, -0.25) is 10.1 Å². The van der Waals surface area contributed by atoms with Gasteiger partial charge >= 0.3 is 0 Å². The summed E-state index contributed by atoms with van der Waals surface area (Å²) in [6, 6.07) is 30.8. The molecule has 3 rings (SSSR count). The Balaban J connectivity index is 2.41. The molecular formula is C22H20ClNOP+. The largest absolute Gasteiger partial charge is 0.296 e. The van der Waals surface area contributed by atoms with Crippen molar-refractivity contribution in [2.45, 2.75) is 6.92 Å². The fourth-order valence-corrected chi connectivity index (χ4v) is 7.74. The minimum Gasteiger partial charge on any atom is -0.296 e. The van der Waals surface area contributed by atoms with Gasteiger partial charge in [0.1, 0.15) is 15.9 Å². The minimum atomic E-state index is -2.32. The number of carbonyl (C=O) groups excluding carboxylic acids is 1. The van der Waals surface area contributed by atoms with Crippen molar-refractivity contribution in [1.82, 2.24) is 5.32 Å². The van der Waals surface area contributed by atoms with Crippen LogP contribution in [0.15, 0.2) is 102 Å². The maximum atomic E-state index is 12.0. The number of halogens is 1. The minimum absolute atomic E-state index is 0.135. The summed E-state index contributed by atoms with van der Waals surface area (Å²) in [4.78, 5) is 12.0. The molecule has 0 unspecified atom stereocenters. The number of carbonyl (C=O) groups is 1. The molecule has 0 fully saturated rings. The van der Waals surface area contributed by atoms with Crippen molar-refractivity contribution in [1.29, 1.82) is 0 Å². The van der Waals surface area contributed by atoms with Crippen molar-refractivity contribution in [2.75, 3.05) is 0 Å². The highest BCUT2D eigenvalue weighted by atomic mass is 35.5. The first-order chi connectivity index (χ1) is 12.7. The average molecular weight is 381 g/mol. The van der Waals surface area contributed by atoms with E-state index in [1.165, 1.54) is 12.5 Å². The second-order valence-electron chi connectivity index (χ2n) is 5.85. The summed E-state index contributed by atoms with van der Waals surface area (Å²) >= 11 is 6.30. The Morgan fingerprint density at radius 2 is 1.12 bits per heavy atom. The summed E-state index contributed by atoms with van der Waals surface area (Å²) in [5.41, 5.74) is 2.25. The lowest BCUT2D eigenvalue weighted by atomic mass is 10.4. The molecule has 1 N–H and O–H groups in total. The predicted molar refractivity (Wildman–Crippen MR) is 113 cm³/mol. The van der Waals surface area contributed by atoms with E-state index in [9.17, 15) is 4.79 Å². The Bertz CT molecular complexity index is 799. The smallest absolute Gasteiger partial charge is 0.223 e. The van der Waals surface area contributed by atoms with Crippen molar-refractivity contribution in [3.05, 3.63) is 102 Å². The third-order valence-corrected chi connectivity index (χ3v) is 8.75. The van der Waals surface area contributed by atoms with Gasteiger partial charge in [0.2, 0.25) is 5.91 Å². The van der Waals surface area contributed by atoms with Crippen LogP contribution in [0.25, 0.3) is 0 Å². The third-order valence-electron chi connectivity index (χ3n) is 4.20. The summed E-state index contributed by atoms with van der Waals surface area (Å²) < 4.78 is 0. The van der Waals surface area contributed by atoms with Crippen molar-refractivity contribution in [3.8, 4) is 0 Å². The van der Waals surface area contributed by atoms with Crippen LogP contribution in [-0.2, 0) is 4.79 Å². The summed E-state index contributed by atoms with van der Waals surface area (Å²) in [5, 5.41) is 6.42. The van der Waals surface area contributed by atoms with Gasteiger partial charge in [0.25, 0.3) is 0 Å². The van der Waals surface area contributed by atoms with Crippen LogP contribution in [0.3, 0.4) is 0 Å². The van der Waals surface area contributed by atoms with Gasteiger partial charge in [0.05, 0.1) is 5.54 Å².